The van der Waals surface area contributed by atoms with Gasteiger partial charge in [0.05, 0.1) is 11.6 Å². The Hall–Kier alpha value is -2.73. The van der Waals surface area contributed by atoms with Crippen molar-refractivity contribution in [2.24, 2.45) is 5.92 Å². The number of amides is 1. The fourth-order valence-electron chi connectivity index (χ4n) is 3.82. The first-order valence-corrected chi connectivity index (χ1v) is 11.0. The largest absolute Gasteiger partial charge is 0.354 e. The molecule has 0 saturated carbocycles. The fourth-order valence-corrected chi connectivity index (χ4v) is 4.06. The van der Waals surface area contributed by atoms with Gasteiger partial charge in [0.25, 0.3) is 0 Å². The molecule has 2 aromatic carbocycles. The van der Waals surface area contributed by atoms with Gasteiger partial charge in [-0.2, -0.15) is 0 Å². The Balaban J connectivity index is 1.43. The molecule has 1 aliphatic heterocycles. The van der Waals surface area contributed by atoms with E-state index >= 15 is 0 Å². The summed E-state index contributed by atoms with van der Waals surface area (Å²) in [7, 11) is 0. The van der Waals surface area contributed by atoms with Crippen molar-refractivity contribution in [1.29, 1.82) is 0 Å². The Morgan fingerprint density at radius 3 is 2.70 bits per heavy atom. The molecule has 1 fully saturated rings. The van der Waals surface area contributed by atoms with Crippen molar-refractivity contribution < 1.29 is 4.79 Å². The van der Waals surface area contributed by atoms with Crippen LogP contribution in [0.3, 0.4) is 0 Å². The summed E-state index contributed by atoms with van der Waals surface area (Å²) in [5.41, 5.74) is 5.06. The van der Waals surface area contributed by atoms with Crippen molar-refractivity contribution in [3.63, 3.8) is 0 Å². The van der Waals surface area contributed by atoms with Gasteiger partial charge in [0.1, 0.15) is 0 Å². The monoisotopic (exact) mass is 464 g/mol. The first-order valence-electron chi connectivity index (χ1n) is 10.2. The molecule has 3 aromatic rings. The summed E-state index contributed by atoms with van der Waals surface area (Å²) >= 11 is 3.50. The zero-order valence-electron chi connectivity index (χ0n) is 17.2. The number of halogens is 1. The van der Waals surface area contributed by atoms with E-state index in [1.165, 1.54) is 5.56 Å². The van der Waals surface area contributed by atoms with Gasteiger partial charge in [0.2, 0.25) is 5.91 Å². The molecular weight excluding hydrogens is 440 g/mol. The Bertz CT molecular complexity index is 1050. The number of piperidine rings is 1. The van der Waals surface area contributed by atoms with E-state index in [0.717, 1.165) is 52.2 Å². The molecule has 0 aliphatic carbocycles. The molecule has 6 heteroatoms. The molecule has 1 saturated heterocycles. The summed E-state index contributed by atoms with van der Waals surface area (Å²) in [6.07, 6.45) is 1.84. The number of aryl methyl sites for hydroxylation is 2. The third-order valence-corrected chi connectivity index (χ3v) is 6.40. The van der Waals surface area contributed by atoms with E-state index in [2.05, 4.69) is 55.4 Å². The molecule has 30 heavy (non-hydrogen) atoms. The van der Waals surface area contributed by atoms with Crippen molar-refractivity contribution in [3.05, 3.63) is 70.2 Å². The second kappa shape index (κ2) is 8.96. The van der Waals surface area contributed by atoms with Gasteiger partial charge >= 0.3 is 0 Å². The smallest absolute Gasteiger partial charge is 0.229 e. The van der Waals surface area contributed by atoms with Gasteiger partial charge in [-0.1, -0.05) is 39.7 Å². The van der Waals surface area contributed by atoms with Crippen LogP contribution in [0.1, 0.15) is 24.0 Å². The van der Waals surface area contributed by atoms with Gasteiger partial charge in [-0.15, -0.1) is 10.2 Å². The van der Waals surface area contributed by atoms with E-state index in [9.17, 15) is 4.79 Å². The number of benzene rings is 2. The lowest BCUT2D eigenvalue weighted by atomic mass is 9.97. The molecule has 0 radical (unpaired) electrons. The Morgan fingerprint density at radius 1 is 1.10 bits per heavy atom. The predicted octanol–water partition coefficient (Wildman–Crippen LogP) is 5.38. The molecule has 1 amide bonds. The number of carbonyl (C=O) groups excluding carboxylic acids is 1. The molecule has 1 aromatic heterocycles. The van der Waals surface area contributed by atoms with Crippen LogP contribution in [0.4, 0.5) is 11.5 Å². The van der Waals surface area contributed by atoms with Crippen molar-refractivity contribution >= 4 is 33.3 Å². The van der Waals surface area contributed by atoms with Gasteiger partial charge in [0.15, 0.2) is 5.82 Å². The molecule has 0 spiro atoms. The highest BCUT2D eigenvalue weighted by Gasteiger charge is 2.27. The lowest BCUT2D eigenvalue weighted by Crippen LogP contribution is -2.41. The molecular formula is C24H25BrN4O. The summed E-state index contributed by atoms with van der Waals surface area (Å²) in [4.78, 5) is 15.0. The van der Waals surface area contributed by atoms with E-state index in [0.29, 0.717) is 6.54 Å². The molecule has 2 heterocycles. The fraction of sp³-hybridized carbons (Fsp3) is 0.292. The van der Waals surface area contributed by atoms with Gasteiger partial charge in [-0.25, -0.2) is 0 Å². The summed E-state index contributed by atoms with van der Waals surface area (Å²) in [5, 5.41) is 11.9. The lowest BCUT2D eigenvalue weighted by molar-refractivity contribution is -0.120. The van der Waals surface area contributed by atoms with Crippen molar-refractivity contribution in [3.8, 4) is 11.3 Å². The standard InChI is InChI=1S/C24H25BrN4O/c1-16-5-3-6-18(13-16)22-10-11-23(28-27-22)29-12-4-7-19(15-29)24(30)26-20-8-9-21(25)17(2)14-20/h3,5-6,8-11,13-14,19H,4,7,12,15H2,1-2H3,(H,26,30)/t19-/m1/s1. The average molecular weight is 465 g/mol. The van der Waals surface area contributed by atoms with Crippen LogP contribution in [0.15, 0.2) is 59.1 Å². The molecule has 1 aliphatic rings. The summed E-state index contributed by atoms with van der Waals surface area (Å²) in [6.45, 7) is 5.63. The Kier molecular flexibility index (Phi) is 6.13. The molecule has 1 N–H and O–H groups in total. The summed E-state index contributed by atoms with van der Waals surface area (Å²) < 4.78 is 1.04. The highest BCUT2D eigenvalue weighted by atomic mass is 79.9. The van der Waals surface area contributed by atoms with E-state index in [-0.39, 0.29) is 11.8 Å². The minimum Gasteiger partial charge on any atom is -0.354 e. The Labute approximate surface area is 185 Å². The topological polar surface area (TPSA) is 58.1 Å². The van der Waals surface area contributed by atoms with E-state index < -0.39 is 0 Å². The SMILES string of the molecule is Cc1cccc(-c2ccc(N3CCC[C@@H](C(=O)Nc4ccc(Br)c(C)c4)C3)nn2)c1. The lowest BCUT2D eigenvalue weighted by Gasteiger charge is -2.32. The highest BCUT2D eigenvalue weighted by molar-refractivity contribution is 9.10. The van der Waals surface area contributed by atoms with Crippen LogP contribution >= 0.6 is 15.9 Å². The van der Waals surface area contributed by atoms with Gasteiger partial charge in [-0.05, 0) is 68.7 Å². The third kappa shape index (κ3) is 4.70. The average Bonchev–Trinajstić information content (AvgIpc) is 2.76. The number of aromatic nitrogens is 2. The van der Waals surface area contributed by atoms with E-state index in [1.54, 1.807) is 0 Å². The van der Waals surface area contributed by atoms with Crippen LogP contribution in [0, 0.1) is 19.8 Å². The van der Waals surface area contributed by atoms with E-state index in [1.807, 2.05) is 49.4 Å². The van der Waals surface area contributed by atoms with Crippen LogP contribution in [0.5, 0.6) is 0 Å². The first kappa shape index (κ1) is 20.5. The molecule has 0 bridgehead atoms. The maximum Gasteiger partial charge on any atom is 0.229 e. The van der Waals surface area contributed by atoms with Crippen LogP contribution in [-0.2, 0) is 4.79 Å². The van der Waals surface area contributed by atoms with E-state index in [4.69, 9.17) is 0 Å². The van der Waals surface area contributed by atoms with Crippen LogP contribution in [-0.4, -0.2) is 29.2 Å². The maximum absolute atomic E-state index is 12.8. The zero-order chi connectivity index (χ0) is 21.1. The highest BCUT2D eigenvalue weighted by Crippen LogP contribution is 2.25. The molecule has 5 nitrogen and oxygen atoms in total. The number of hydrogen-bond acceptors (Lipinski definition) is 4. The van der Waals surface area contributed by atoms with Crippen molar-refractivity contribution in [2.75, 3.05) is 23.3 Å². The quantitative estimate of drug-likeness (QED) is 0.562. The first-order chi connectivity index (χ1) is 14.5. The molecule has 1 atom stereocenters. The second-order valence-corrected chi connectivity index (χ2v) is 8.74. The maximum atomic E-state index is 12.8. The number of rotatable bonds is 4. The second-order valence-electron chi connectivity index (χ2n) is 7.88. The summed E-state index contributed by atoms with van der Waals surface area (Å²) in [5.74, 6) is 0.815. The third-order valence-electron chi connectivity index (χ3n) is 5.51. The van der Waals surface area contributed by atoms with Crippen molar-refractivity contribution in [2.45, 2.75) is 26.7 Å². The number of anilines is 2. The van der Waals surface area contributed by atoms with Crippen molar-refractivity contribution in [1.82, 2.24) is 10.2 Å². The number of hydrogen-bond donors (Lipinski definition) is 1. The minimum atomic E-state index is -0.0686. The number of nitrogens with one attached hydrogen (secondary N) is 1. The van der Waals surface area contributed by atoms with Crippen LogP contribution < -0.4 is 10.2 Å². The molecule has 4 rings (SSSR count). The number of nitrogens with zero attached hydrogens (tertiary/aromatic N) is 3. The minimum absolute atomic E-state index is 0.0609. The predicted molar refractivity (Wildman–Crippen MR) is 125 cm³/mol. The van der Waals surface area contributed by atoms with Crippen LogP contribution in [0.25, 0.3) is 11.3 Å². The number of carbonyl (C=O) groups is 1. The summed E-state index contributed by atoms with van der Waals surface area (Å²) in [6, 6.07) is 18.1. The normalized spacial score (nSPS) is 16.4. The van der Waals surface area contributed by atoms with Gasteiger partial charge in [-0.3, -0.25) is 4.79 Å². The molecule has 0 unspecified atom stereocenters. The zero-order valence-corrected chi connectivity index (χ0v) is 18.8. The molecule has 154 valence electrons. The Morgan fingerprint density at radius 2 is 1.97 bits per heavy atom. The van der Waals surface area contributed by atoms with Gasteiger partial charge < -0.3 is 10.2 Å². The van der Waals surface area contributed by atoms with Gasteiger partial charge in [0, 0.05) is 28.8 Å². The van der Waals surface area contributed by atoms with Crippen LogP contribution in [0.2, 0.25) is 0 Å².